The van der Waals surface area contributed by atoms with Crippen molar-refractivity contribution in [3.8, 4) is 0 Å². The summed E-state index contributed by atoms with van der Waals surface area (Å²) in [7, 11) is 0. The predicted molar refractivity (Wildman–Crippen MR) is 104 cm³/mol. The summed E-state index contributed by atoms with van der Waals surface area (Å²) >= 11 is 5.78. The number of nitrogens with one attached hydrogen (secondary N) is 2. The molecular formula is C19H23ClN4O2. The smallest absolute Gasteiger partial charge is 0.239 e. The van der Waals surface area contributed by atoms with Crippen molar-refractivity contribution in [2.24, 2.45) is 0 Å². The number of carbonyl (C=O) groups excluding carboxylic acids is 2. The molecule has 0 unspecified atom stereocenters. The highest BCUT2D eigenvalue weighted by molar-refractivity contribution is 6.30. The first-order valence-electron chi connectivity index (χ1n) is 8.47. The van der Waals surface area contributed by atoms with Crippen LogP contribution in [0.15, 0.2) is 42.6 Å². The zero-order valence-corrected chi connectivity index (χ0v) is 15.7. The van der Waals surface area contributed by atoms with Crippen LogP contribution in [-0.4, -0.2) is 41.3 Å². The fourth-order valence-electron chi connectivity index (χ4n) is 2.47. The summed E-state index contributed by atoms with van der Waals surface area (Å²) < 4.78 is 0. The number of amides is 2. The Morgan fingerprint density at radius 1 is 1.08 bits per heavy atom. The van der Waals surface area contributed by atoms with Crippen molar-refractivity contribution in [3.63, 3.8) is 0 Å². The maximum absolute atomic E-state index is 12.3. The summed E-state index contributed by atoms with van der Waals surface area (Å²) in [4.78, 5) is 30.4. The van der Waals surface area contributed by atoms with Gasteiger partial charge in [0.25, 0.3) is 0 Å². The first-order valence-corrected chi connectivity index (χ1v) is 8.85. The van der Waals surface area contributed by atoms with Gasteiger partial charge in [-0.25, -0.2) is 4.98 Å². The molecule has 2 amide bonds. The van der Waals surface area contributed by atoms with E-state index in [0.717, 1.165) is 17.7 Å². The molecule has 2 N–H and O–H groups in total. The molecule has 0 fully saturated rings. The minimum atomic E-state index is -0.225. The SMILES string of the molecule is CCCN(CC(=O)Nc1ccc(Cl)cn1)CC(=O)Nc1ccccc1C. The molecule has 0 saturated carbocycles. The summed E-state index contributed by atoms with van der Waals surface area (Å²) in [6.07, 6.45) is 2.31. The van der Waals surface area contributed by atoms with Gasteiger partial charge >= 0.3 is 0 Å². The second kappa shape index (κ2) is 9.89. The lowest BCUT2D eigenvalue weighted by Gasteiger charge is -2.20. The molecule has 138 valence electrons. The molecule has 2 rings (SSSR count). The molecule has 2 aromatic rings. The van der Waals surface area contributed by atoms with Crippen LogP contribution in [0, 0.1) is 6.92 Å². The van der Waals surface area contributed by atoms with Gasteiger partial charge in [0.15, 0.2) is 0 Å². The second-order valence-corrected chi connectivity index (χ2v) is 6.42. The number of rotatable bonds is 8. The molecule has 1 aromatic carbocycles. The Morgan fingerprint density at radius 2 is 1.77 bits per heavy atom. The Labute approximate surface area is 158 Å². The number of para-hydroxylation sites is 1. The summed E-state index contributed by atoms with van der Waals surface area (Å²) in [6, 6.07) is 10.9. The summed E-state index contributed by atoms with van der Waals surface area (Å²) in [6.45, 7) is 4.84. The van der Waals surface area contributed by atoms with Gasteiger partial charge in [0, 0.05) is 11.9 Å². The van der Waals surface area contributed by atoms with Gasteiger partial charge in [-0.15, -0.1) is 0 Å². The molecule has 0 atom stereocenters. The van der Waals surface area contributed by atoms with E-state index in [9.17, 15) is 9.59 Å². The van der Waals surface area contributed by atoms with E-state index < -0.39 is 0 Å². The number of carbonyl (C=O) groups is 2. The van der Waals surface area contributed by atoms with E-state index in [-0.39, 0.29) is 24.9 Å². The highest BCUT2D eigenvalue weighted by Crippen LogP contribution is 2.13. The van der Waals surface area contributed by atoms with Crippen LogP contribution >= 0.6 is 11.6 Å². The normalized spacial score (nSPS) is 10.6. The molecular weight excluding hydrogens is 352 g/mol. The number of nitrogens with zero attached hydrogens (tertiary/aromatic N) is 2. The van der Waals surface area contributed by atoms with Crippen molar-refractivity contribution in [3.05, 3.63) is 53.2 Å². The van der Waals surface area contributed by atoms with Crippen LogP contribution in [0.4, 0.5) is 11.5 Å². The van der Waals surface area contributed by atoms with Crippen molar-refractivity contribution in [2.75, 3.05) is 30.3 Å². The molecule has 0 aliphatic carbocycles. The molecule has 1 aromatic heterocycles. The van der Waals surface area contributed by atoms with Crippen LogP contribution in [0.5, 0.6) is 0 Å². The van der Waals surface area contributed by atoms with Gasteiger partial charge in [0.1, 0.15) is 5.82 Å². The molecule has 26 heavy (non-hydrogen) atoms. The molecule has 1 heterocycles. The lowest BCUT2D eigenvalue weighted by molar-refractivity contribution is -0.120. The fourth-order valence-corrected chi connectivity index (χ4v) is 2.58. The van der Waals surface area contributed by atoms with Gasteiger partial charge in [-0.2, -0.15) is 0 Å². The van der Waals surface area contributed by atoms with Crippen LogP contribution < -0.4 is 10.6 Å². The number of benzene rings is 1. The average molecular weight is 375 g/mol. The van der Waals surface area contributed by atoms with Crippen molar-refractivity contribution in [1.82, 2.24) is 9.88 Å². The van der Waals surface area contributed by atoms with Crippen molar-refractivity contribution >= 4 is 34.9 Å². The quantitative estimate of drug-likeness (QED) is 0.743. The lowest BCUT2D eigenvalue weighted by atomic mass is 10.2. The Balaban J connectivity index is 1.90. The molecule has 0 radical (unpaired) electrons. The van der Waals surface area contributed by atoms with E-state index in [1.807, 2.05) is 38.1 Å². The third kappa shape index (κ3) is 6.46. The number of anilines is 2. The van der Waals surface area contributed by atoms with Gasteiger partial charge in [-0.3, -0.25) is 14.5 Å². The molecule has 0 aliphatic rings. The van der Waals surface area contributed by atoms with Gasteiger partial charge < -0.3 is 10.6 Å². The third-order valence-electron chi connectivity index (χ3n) is 3.69. The van der Waals surface area contributed by atoms with Gasteiger partial charge in [-0.05, 0) is 43.7 Å². The van der Waals surface area contributed by atoms with Gasteiger partial charge in [0.05, 0.1) is 18.1 Å². The van der Waals surface area contributed by atoms with Crippen LogP contribution in [0.3, 0.4) is 0 Å². The molecule has 6 nitrogen and oxygen atoms in total. The minimum Gasteiger partial charge on any atom is -0.325 e. The minimum absolute atomic E-state index is 0.110. The van der Waals surface area contributed by atoms with Crippen molar-refractivity contribution < 1.29 is 9.59 Å². The number of pyridine rings is 1. The monoisotopic (exact) mass is 374 g/mol. The Kier molecular flexibility index (Phi) is 7.56. The third-order valence-corrected chi connectivity index (χ3v) is 3.91. The fraction of sp³-hybridized carbons (Fsp3) is 0.316. The highest BCUT2D eigenvalue weighted by Gasteiger charge is 2.15. The van der Waals surface area contributed by atoms with Crippen LogP contribution in [0.25, 0.3) is 0 Å². The molecule has 0 saturated heterocycles. The summed E-state index contributed by atoms with van der Waals surface area (Å²) in [5, 5.41) is 6.10. The van der Waals surface area contributed by atoms with Crippen molar-refractivity contribution in [1.29, 1.82) is 0 Å². The molecule has 7 heteroatoms. The second-order valence-electron chi connectivity index (χ2n) is 5.98. The van der Waals surface area contributed by atoms with E-state index in [1.54, 1.807) is 17.0 Å². The first kappa shape index (κ1) is 19.9. The largest absolute Gasteiger partial charge is 0.325 e. The maximum Gasteiger partial charge on any atom is 0.239 e. The highest BCUT2D eigenvalue weighted by atomic mass is 35.5. The summed E-state index contributed by atoms with van der Waals surface area (Å²) in [5.74, 6) is 0.0577. The van der Waals surface area contributed by atoms with E-state index in [0.29, 0.717) is 17.4 Å². The predicted octanol–water partition coefficient (Wildman–Crippen LogP) is 3.33. The van der Waals surface area contributed by atoms with Crippen LogP contribution in [0.1, 0.15) is 18.9 Å². The number of halogens is 1. The topological polar surface area (TPSA) is 74.3 Å². The van der Waals surface area contributed by atoms with Crippen LogP contribution in [-0.2, 0) is 9.59 Å². The van der Waals surface area contributed by atoms with Crippen molar-refractivity contribution in [2.45, 2.75) is 20.3 Å². The lowest BCUT2D eigenvalue weighted by Crippen LogP contribution is -2.39. The van der Waals surface area contributed by atoms with E-state index in [2.05, 4.69) is 15.6 Å². The zero-order valence-electron chi connectivity index (χ0n) is 15.0. The van der Waals surface area contributed by atoms with E-state index >= 15 is 0 Å². The number of aromatic nitrogens is 1. The Hall–Kier alpha value is -2.44. The maximum atomic E-state index is 12.3. The Morgan fingerprint density at radius 3 is 2.38 bits per heavy atom. The Bertz CT molecular complexity index is 749. The average Bonchev–Trinajstić information content (AvgIpc) is 2.59. The first-order chi connectivity index (χ1) is 12.5. The number of aryl methyl sites for hydroxylation is 1. The zero-order chi connectivity index (χ0) is 18.9. The number of hydrogen-bond donors (Lipinski definition) is 2. The molecule has 0 bridgehead atoms. The summed E-state index contributed by atoms with van der Waals surface area (Å²) in [5.41, 5.74) is 1.78. The van der Waals surface area contributed by atoms with E-state index in [4.69, 9.17) is 11.6 Å². The van der Waals surface area contributed by atoms with Gasteiger partial charge in [0.2, 0.25) is 11.8 Å². The molecule has 0 spiro atoms. The standard InChI is InChI=1S/C19H23ClN4O2/c1-3-10-24(12-18(25)22-16-7-5-4-6-14(16)2)13-19(26)23-17-9-8-15(20)11-21-17/h4-9,11H,3,10,12-13H2,1-2H3,(H,22,25)(H,21,23,26). The van der Waals surface area contributed by atoms with Crippen LogP contribution in [0.2, 0.25) is 5.02 Å². The number of hydrogen-bond acceptors (Lipinski definition) is 4. The molecule has 0 aliphatic heterocycles. The van der Waals surface area contributed by atoms with E-state index in [1.165, 1.54) is 6.20 Å². The van der Waals surface area contributed by atoms with Gasteiger partial charge in [-0.1, -0.05) is 36.7 Å².